The summed E-state index contributed by atoms with van der Waals surface area (Å²) >= 11 is 0. The molecule has 5 aliphatic carbocycles. The molecule has 1 aromatic heterocycles. The van der Waals surface area contributed by atoms with Crippen molar-refractivity contribution >= 4 is 18.0 Å². The molecule has 1 aliphatic heterocycles. The fraction of sp³-hybridized carbons (Fsp3) is 0.667. The first-order valence-corrected chi connectivity index (χ1v) is 17.0. The van der Waals surface area contributed by atoms with Crippen LogP contribution in [0, 0.1) is 17.8 Å². The molecule has 5 fully saturated rings. The number of benzene rings is 1. The molecule has 1 aromatic carbocycles. The quantitative estimate of drug-likeness (QED) is 0.297. The van der Waals surface area contributed by atoms with Gasteiger partial charge in [0.1, 0.15) is 29.8 Å². The van der Waals surface area contributed by atoms with Crippen LogP contribution in [0.1, 0.15) is 136 Å². The zero-order valence-corrected chi connectivity index (χ0v) is 27.2. The van der Waals surface area contributed by atoms with Crippen molar-refractivity contribution in [3.63, 3.8) is 0 Å². The average Bonchev–Trinajstić information content (AvgIpc) is 3.64. The number of ether oxygens (including phenoxy) is 4. The Balaban J connectivity index is 1.27. The summed E-state index contributed by atoms with van der Waals surface area (Å²) in [5.41, 5.74) is 1.76. The summed E-state index contributed by atoms with van der Waals surface area (Å²) in [6, 6.07) is 6.99. The summed E-state index contributed by atoms with van der Waals surface area (Å²) in [7, 11) is 1.38. The van der Waals surface area contributed by atoms with Crippen LogP contribution >= 0.6 is 0 Å². The van der Waals surface area contributed by atoms with Gasteiger partial charge in [-0.05, 0) is 108 Å². The summed E-state index contributed by atoms with van der Waals surface area (Å²) in [5.74, 6) is 3.12. The van der Waals surface area contributed by atoms with Crippen LogP contribution in [0.3, 0.4) is 0 Å². The Labute approximate surface area is 266 Å². The molecule has 0 N–H and O–H groups in total. The number of carbonyl (C=O) groups is 2. The Morgan fingerprint density at radius 3 is 2.36 bits per heavy atom. The Hall–Kier alpha value is -3.20. The third-order valence-corrected chi connectivity index (χ3v) is 10.6. The average molecular weight is 618 g/mol. The number of aliphatic imine (C=N–C) groups is 1. The van der Waals surface area contributed by atoms with Gasteiger partial charge in [0.15, 0.2) is 0 Å². The van der Waals surface area contributed by atoms with E-state index >= 15 is 0 Å². The molecule has 242 valence electrons. The molecule has 8 rings (SSSR count). The second-order valence-electron chi connectivity index (χ2n) is 15.2. The molecule has 2 aromatic rings. The number of imidazole rings is 1. The molecule has 0 saturated heterocycles. The van der Waals surface area contributed by atoms with Crippen molar-refractivity contribution < 1.29 is 28.5 Å². The second kappa shape index (κ2) is 11.9. The van der Waals surface area contributed by atoms with Crippen LogP contribution < -0.4 is 0 Å². The molecule has 0 radical (unpaired) electrons. The predicted octanol–water partition coefficient (Wildman–Crippen LogP) is 7.50. The number of nitrogens with zero attached hydrogens (tertiary/aromatic N) is 3. The van der Waals surface area contributed by atoms with E-state index in [0.29, 0.717) is 29.5 Å². The van der Waals surface area contributed by atoms with Crippen LogP contribution in [-0.2, 0) is 25.6 Å². The summed E-state index contributed by atoms with van der Waals surface area (Å²) in [6.45, 7) is 6.25. The molecule has 45 heavy (non-hydrogen) atoms. The molecule has 2 heterocycles. The van der Waals surface area contributed by atoms with Gasteiger partial charge in [-0.2, -0.15) is 0 Å². The second-order valence-corrected chi connectivity index (χ2v) is 15.2. The van der Waals surface area contributed by atoms with Crippen molar-refractivity contribution in [3.8, 4) is 0 Å². The molecule has 0 amide bonds. The fourth-order valence-electron chi connectivity index (χ4n) is 9.02. The number of esters is 1. The van der Waals surface area contributed by atoms with Crippen LogP contribution in [-0.4, -0.2) is 52.4 Å². The van der Waals surface area contributed by atoms with Gasteiger partial charge in [0.25, 0.3) is 0 Å². The zero-order chi connectivity index (χ0) is 31.3. The maximum Gasteiger partial charge on any atom is 0.420 e. The molecule has 6 aliphatic rings. The summed E-state index contributed by atoms with van der Waals surface area (Å²) in [6.07, 6.45) is 12.2. The van der Waals surface area contributed by atoms with Crippen LogP contribution in [0.5, 0.6) is 0 Å². The highest BCUT2D eigenvalue weighted by Gasteiger charge is 2.52. The van der Waals surface area contributed by atoms with Gasteiger partial charge in [-0.1, -0.05) is 31.4 Å². The van der Waals surface area contributed by atoms with Crippen molar-refractivity contribution in [2.24, 2.45) is 22.7 Å². The van der Waals surface area contributed by atoms with E-state index in [1.165, 1.54) is 32.8 Å². The Kier molecular flexibility index (Phi) is 8.03. The lowest BCUT2D eigenvalue weighted by atomic mass is 9.54. The van der Waals surface area contributed by atoms with E-state index in [4.69, 9.17) is 28.9 Å². The van der Waals surface area contributed by atoms with Gasteiger partial charge in [-0.25, -0.2) is 24.1 Å². The number of rotatable bonds is 7. The smallest absolute Gasteiger partial charge is 0.420 e. The Morgan fingerprint density at radius 2 is 1.71 bits per heavy atom. The first-order chi connectivity index (χ1) is 21.6. The summed E-state index contributed by atoms with van der Waals surface area (Å²) in [4.78, 5) is 36.4. The van der Waals surface area contributed by atoms with Crippen molar-refractivity contribution in [1.82, 2.24) is 9.55 Å². The van der Waals surface area contributed by atoms with Crippen LogP contribution in [0.4, 0.5) is 4.79 Å². The zero-order valence-electron chi connectivity index (χ0n) is 27.2. The topological polar surface area (TPSA) is 101 Å². The number of methoxy groups -OCH3 is 1. The first-order valence-electron chi connectivity index (χ1n) is 17.0. The van der Waals surface area contributed by atoms with Gasteiger partial charge in [0, 0.05) is 5.92 Å². The minimum Gasteiger partial charge on any atom is -0.474 e. The fourth-order valence-corrected chi connectivity index (χ4v) is 9.02. The lowest BCUT2D eigenvalue weighted by Crippen LogP contribution is -2.52. The third kappa shape index (κ3) is 6.17. The van der Waals surface area contributed by atoms with Gasteiger partial charge in [-0.15, -0.1) is 0 Å². The van der Waals surface area contributed by atoms with Gasteiger partial charge in [-0.3, -0.25) is 0 Å². The lowest BCUT2D eigenvalue weighted by Gasteiger charge is -2.56. The lowest BCUT2D eigenvalue weighted by molar-refractivity contribution is -0.169. The van der Waals surface area contributed by atoms with Gasteiger partial charge < -0.3 is 18.9 Å². The molecule has 1 atom stereocenters. The highest BCUT2D eigenvalue weighted by atomic mass is 16.6. The van der Waals surface area contributed by atoms with E-state index in [1.807, 2.05) is 32.9 Å². The predicted molar refractivity (Wildman–Crippen MR) is 168 cm³/mol. The van der Waals surface area contributed by atoms with Crippen molar-refractivity contribution in [2.75, 3.05) is 13.7 Å². The van der Waals surface area contributed by atoms with Gasteiger partial charge >= 0.3 is 12.1 Å². The molecular weight excluding hydrogens is 570 g/mol. The minimum atomic E-state index is -0.666. The van der Waals surface area contributed by atoms with E-state index in [-0.39, 0.29) is 24.2 Å². The monoisotopic (exact) mass is 617 g/mol. The molecule has 9 nitrogen and oxygen atoms in total. The summed E-state index contributed by atoms with van der Waals surface area (Å²) in [5, 5.41) is 0. The van der Waals surface area contributed by atoms with Gasteiger partial charge in [0.2, 0.25) is 5.90 Å². The summed E-state index contributed by atoms with van der Waals surface area (Å²) < 4.78 is 25.9. The highest BCUT2D eigenvalue weighted by molar-refractivity contribution is 5.96. The van der Waals surface area contributed by atoms with E-state index in [1.54, 1.807) is 16.7 Å². The maximum absolute atomic E-state index is 14.0. The number of carbonyl (C=O) groups excluding carboxylic acids is 2. The SMILES string of the molecule is COC(=O)c1cccc(C2COC(c3nc(C4CCCCC4)n(C(=O)OC(C)(C)C)c3COC34CC5CC(CC(C5)C3)C4)=N2)c1. The van der Waals surface area contributed by atoms with E-state index in [0.717, 1.165) is 74.1 Å². The third-order valence-electron chi connectivity index (χ3n) is 10.6. The number of aromatic nitrogens is 2. The molecule has 1 unspecified atom stereocenters. The van der Waals surface area contributed by atoms with Crippen LogP contribution in [0.2, 0.25) is 0 Å². The van der Waals surface area contributed by atoms with E-state index in [9.17, 15) is 9.59 Å². The largest absolute Gasteiger partial charge is 0.474 e. The van der Waals surface area contributed by atoms with Crippen molar-refractivity contribution in [1.29, 1.82) is 0 Å². The standard InChI is InChI=1S/C36H47N3O6/c1-35(2,3)45-34(41)39-29(21-44-36-17-22-13-23(18-36)15-24(14-22)19-36)30(38-31(39)25-9-6-5-7-10-25)32-37-28(20-43-32)26-11-8-12-27(16-26)33(40)42-4/h8,11-12,16,22-25,28H,5-7,9-10,13-15,17-21H2,1-4H3. The van der Waals surface area contributed by atoms with E-state index in [2.05, 4.69) is 0 Å². The number of hydrogen-bond acceptors (Lipinski definition) is 8. The van der Waals surface area contributed by atoms with Crippen molar-refractivity contribution in [3.05, 3.63) is 52.6 Å². The molecular formula is C36H47N3O6. The molecule has 0 spiro atoms. The Morgan fingerprint density at radius 1 is 1.02 bits per heavy atom. The van der Waals surface area contributed by atoms with Crippen LogP contribution in [0.15, 0.2) is 29.3 Å². The molecule has 4 bridgehead atoms. The van der Waals surface area contributed by atoms with Gasteiger partial charge in [0.05, 0.1) is 30.6 Å². The molecule has 9 heteroatoms. The van der Waals surface area contributed by atoms with Crippen LogP contribution in [0.25, 0.3) is 0 Å². The Bertz CT molecular complexity index is 1440. The van der Waals surface area contributed by atoms with Crippen molar-refractivity contribution in [2.45, 2.75) is 121 Å². The van der Waals surface area contributed by atoms with E-state index < -0.39 is 17.7 Å². The highest BCUT2D eigenvalue weighted by Crippen LogP contribution is 2.57. The maximum atomic E-state index is 14.0. The first kappa shape index (κ1) is 30.5. The number of hydrogen-bond donors (Lipinski definition) is 0. The molecule has 5 saturated carbocycles. The normalized spacial score (nSPS) is 29.4. The minimum absolute atomic E-state index is 0.144.